The summed E-state index contributed by atoms with van der Waals surface area (Å²) in [4.78, 5) is 22.9. The van der Waals surface area contributed by atoms with Gasteiger partial charge in [-0.1, -0.05) is 6.07 Å². The molecule has 0 saturated heterocycles. The van der Waals surface area contributed by atoms with E-state index in [-0.39, 0.29) is 17.3 Å². The zero-order chi connectivity index (χ0) is 17.9. The first-order valence-corrected chi connectivity index (χ1v) is 7.65. The van der Waals surface area contributed by atoms with Crippen LogP contribution in [0.25, 0.3) is 0 Å². The Morgan fingerprint density at radius 3 is 2.33 bits per heavy atom. The van der Waals surface area contributed by atoms with Gasteiger partial charge in [0.2, 0.25) is 0 Å². The zero-order valence-electron chi connectivity index (χ0n) is 13.1. The number of rotatable bonds is 3. The fourth-order valence-corrected chi connectivity index (χ4v) is 2.91. The molecule has 2 amide bonds. The first-order valence-electron chi connectivity index (χ1n) is 7.65. The van der Waals surface area contributed by atoms with E-state index in [9.17, 15) is 22.8 Å². The number of hydrogen-bond acceptors (Lipinski definition) is 2. The maximum Gasteiger partial charge on any atom is 0.416 e. The molecule has 1 aliphatic rings. The predicted octanol–water partition coefficient (Wildman–Crippen LogP) is 3.78. The first-order chi connectivity index (χ1) is 11.2. The SMILES string of the molecule is Cc1c(NC(=O)NC2CCC(C(=O)O)CC2)cccc1C(F)(F)F. The van der Waals surface area contributed by atoms with Crippen LogP contribution < -0.4 is 10.6 Å². The Morgan fingerprint density at radius 2 is 1.79 bits per heavy atom. The molecular formula is C16H19F3N2O3. The second kappa shape index (κ2) is 7.11. The van der Waals surface area contributed by atoms with Crippen LogP contribution in [0.1, 0.15) is 36.8 Å². The number of anilines is 1. The minimum atomic E-state index is -4.48. The minimum absolute atomic E-state index is 0.0465. The number of amides is 2. The van der Waals surface area contributed by atoms with Crippen molar-refractivity contribution in [3.8, 4) is 0 Å². The second-order valence-corrected chi connectivity index (χ2v) is 5.96. The summed E-state index contributed by atoms with van der Waals surface area (Å²) in [5.74, 6) is -1.23. The lowest BCUT2D eigenvalue weighted by molar-refractivity contribution is -0.143. The van der Waals surface area contributed by atoms with E-state index in [0.717, 1.165) is 6.07 Å². The molecule has 1 saturated carbocycles. The van der Waals surface area contributed by atoms with Crippen LogP contribution in [-0.2, 0) is 11.0 Å². The quantitative estimate of drug-likeness (QED) is 0.781. The molecule has 5 nitrogen and oxygen atoms in total. The van der Waals surface area contributed by atoms with E-state index in [1.165, 1.54) is 19.1 Å². The molecule has 3 N–H and O–H groups in total. The Morgan fingerprint density at radius 1 is 1.17 bits per heavy atom. The Balaban J connectivity index is 1.95. The number of carboxylic acids is 1. The lowest BCUT2D eigenvalue weighted by Gasteiger charge is -2.27. The number of hydrogen-bond donors (Lipinski definition) is 3. The molecule has 0 bridgehead atoms. The van der Waals surface area contributed by atoms with Crippen LogP contribution >= 0.6 is 0 Å². The van der Waals surface area contributed by atoms with Crippen molar-refractivity contribution < 1.29 is 27.9 Å². The van der Waals surface area contributed by atoms with E-state index >= 15 is 0 Å². The van der Waals surface area contributed by atoms with Crippen molar-refractivity contribution in [1.29, 1.82) is 0 Å². The minimum Gasteiger partial charge on any atom is -0.481 e. The highest BCUT2D eigenvalue weighted by Crippen LogP contribution is 2.34. The molecule has 0 atom stereocenters. The molecule has 1 aliphatic carbocycles. The van der Waals surface area contributed by atoms with Gasteiger partial charge >= 0.3 is 18.2 Å². The number of aliphatic carboxylic acids is 1. The lowest BCUT2D eigenvalue weighted by Crippen LogP contribution is -2.41. The maximum absolute atomic E-state index is 12.9. The molecule has 0 radical (unpaired) electrons. The van der Waals surface area contributed by atoms with Gasteiger partial charge in [-0.2, -0.15) is 13.2 Å². The molecule has 2 rings (SSSR count). The summed E-state index contributed by atoms with van der Waals surface area (Å²) in [6, 6.07) is 2.85. The molecule has 0 spiro atoms. The normalized spacial score (nSPS) is 21.2. The summed E-state index contributed by atoms with van der Waals surface area (Å²) in [6.07, 6.45) is -2.46. The van der Waals surface area contributed by atoms with Crippen LogP contribution in [0, 0.1) is 12.8 Å². The summed E-state index contributed by atoms with van der Waals surface area (Å²) < 4.78 is 38.6. The highest BCUT2D eigenvalue weighted by atomic mass is 19.4. The van der Waals surface area contributed by atoms with E-state index in [4.69, 9.17) is 5.11 Å². The van der Waals surface area contributed by atoms with E-state index in [2.05, 4.69) is 10.6 Å². The maximum atomic E-state index is 12.9. The number of benzene rings is 1. The average molecular weight is 344 g/mol. The predicted molar refractivity (Wildman–Crippen MR) is 81.7 cm³/mol. The van der Waals surface area contributed by atoms with Crippen molar-refractivity contribution in [3.63, 3.8) is 0 Å². The Kier molecular flexibility index (Phi) is 5.36. The lowest BCUT2D eigenvalue weighted by atomic mass is 9.86. The van der Waals surface area contributed by atoms with Crippen LogP contribution in [-0.4, -0.2) is 23.1 Å². The topological polar surface area (TPSA) is 78.4 Å². The van der Waals surface area contributed by atoms with Gasteiger partial charge in [0, 0.05) is 11.7 Å². The van der Waals surface area contributed by atoms with Gasteiger partial charge in [0.25, 0.3) is 0 Å². The van der Waals surface area contributed by atoms with Crippen molar-refractivity contribution in [2.24, 2.45) is 5.92 Å². The third kappa shape index (κ3) is 4.39. The van der Waals surface area contributed by atoms with Crippen molar-refractivity contribution in [1.82, 2.24) is 5.32 Å². The molecule has 0 aromatic heterocycles. The van der Waals surface area contributed by atoms with E-state index in [0.29, 0.717) is 25.7 Å². The van der Waals surface area contributed by atoms with E-state index in [1.54, 1.807) is 0 Å². The molecule has 0 unspecified atom stereocenters. The monoisotopic (exact) mass is 344 g/mol. The molecule has 132 valence electrons. The van der Waals surface area contributed by atoms with Crippen LogP contribution in [0.4, 0.5) is 23.7 Å². The number of carbonyl (C=O) groups is 2. The van der Waals surface area contributed by atoms with Crippen molar-refractivity contribution >= 4 is 17.7 Å². The zero-order valence-corrected chi connectivity index (χ0v) is 13.1. The van der Waals surface area contributed by atoms with Crippen LogP contribution in [0.3, 0.4) is 0 Å². The van der Waals surface area contributed by atoms with Crippen molar-refractivity contribution in [3.05, 3.63) is 29.3 Å². The summed E-state index contributed by atoms with van der Waals surface area (Å²) in [6.45, 7) is 1.30. The highest BCUT2D eigenvalue weighted by molar-refractivity contribution is 5.90. The van der Waals surface area contributed by atoms with Gasteiger partial charge in [-0.05, 0) is 50.3 Å². The number of nitrogens with one attached hydrogen (secondary N) is 2. The molecule has 1 fully saturated rings. The van der Waals surface area contributed by atoms with E-state index in [1.807, 2.05) is 0 Å². The fraction of sp³-hybridized carbons (Fsp3) is 0.500. The highest BCUT2D eigenvalue weighted by Gasteiger charge is 2.33. The average Bonchev–Trinajstić information content (AvgIpc) is 2.48. The summed E-state index contributed by atoms with van der Waals surface area (Å²) in [7, 11) is 0. The van der Waals surface area contributed by atoms with E-state index < -0.39 is 29.7 Å². The molecule has 1 aromatic rings. The van der Waals surface area contributed by atoms with Crippen LogP contribution in [0.2, 0.25) is 0 Å². The molecule has 8 heteroatoms. The van der Waals surface area contributed by atoms with Gasteiger partial charge in [-0.3, -0.25) is 4.79 Å². The van der Waals surface area contributed by atoms with Gasteiger partial charge in [-0.15, -0.1) is 0 Å². The second-order valence-electron chi connectivity index (χ2n) is 5.96. The number of carbonyl (C=O) groups excluding carboxylic acids is 1. The largest absolute Gasteiger partial charge is 0.481 e. The van der Waals surface area contributed by atoms with Crippen molar-refractivity contribution in [2.75, 3.05) is 5.32 Å². The number of alkyl halides is 3. The van der Waals surface area contributed by atoms with Gasteiger partial charge in [0.05, 0.1) is 11.5 Å². The molecule has 24 heavy (non-hydrogen) atoms. The molecule has 0 heterocycles. The van der Waals surface area contributed by atoms with Gasteiger partial charge < -0.3 is 15.7 Å². The Bertz CT molecular complexity index is 623. The van der Waals surface area contributed by atoms with Crippen LogP contribution in [0.5, 0.6) is 0 Å². The Labute approximate surface area is 137 Å². The van der Waals surface area contributed by atoms with Crippen LogP contribution in [0.15, 0.2) is 18.2 Å². The fourth-order valence-electron chi connectivity index (χ4n) is 2.91. The number of urea groups is 1. The summed E-state index contributed by atoms with van der Waals surface area (Å²) >= 11 is 0. The molecular weight excluding hydrogens is 325 g/mol. The Hall–Kier alpha value is -2.25. The number of carboxylic acid groups (broad SMARTS) is 1. The molecule has 0 aliphatic heterocycles. The smallest absolute Gasteiger partial charge is 0.416 e. The first kappa shape index (κ1) is 18.1. The third-order valence-corrected chi connectivity index (χ3v) is 4.30. The summed E-state index contributed by atoms with van der Waals surface area (Å²) in [5, 5.41) is 14.1. The van der Waals surface area contributed by atoms with Gasteiger partial charge in [0.1, 0.15) is 0 Å². The summed E-state index contributed by atoms with van der Waals surface area (Å²) in [5.41, 5.74) is -0.737. The number of halogens is 3. The van der Waals surface area contributed by atoms with Gasteiger partial charge in [-0.25, -0.2) is 4.79 Å². The molecule has 1 aromatic carbocycles. The third-order valence-electron chi connectivity index (χ3n) is 4.30. The van der Waals surface area contributed by atoms with Crippen molar-refractivity contribution in [2.45, 2.75) is 44.8 Å². The standard InChI is InChI=1S/C16H19F3N2O3/c1-9-12(16(17,18)19)3-2-4-13(9)21-15(24)20-11-7-5-10(6-8-11)14(22)23/h2-4,10-11H,5-8H2,1H3,(H,22,23)(H2,20,21,24). The van der Waals surface area contributed by atoms with Gasteiger partial charge in [0.15, 0.2) is 0 Å².